The molecule has 2 aromatic rings. The Morgan fingerprint density at radius 1 is 1.00 bits per heavy atom. The highest BCUT2D eigenvalue weighted by Crippen LogP contribution is 2.13. The van der Waals surface area contributed by atoms with E-state index < -0.39 is 6.04 Å². The second-order valence-corrected chi connectivity index (χ2v) is 8.48. The third kappa shape index (κ3) is 6.82. The van der Waals surface area contributed by atoms with Crippen LogP contribution in [0.15, 0.2) is 54.6 Å². The Morgan fingerprint density at radius 2 is 1.71 bits per heavy atom. The summed E-state index contributed by atoms with van der Waals surface area (Å²) in [4.78, 5) is 29.7. The van der Waals surface area contributed by atoms with E-state index >= 15 is 0 Å². The lowest BCUT2D eigenvalue weighted by molar-refractivity contribution is -0.139. The molecule has 0 bridgehead atoms. The van der Waals surface area contributed by atoms with Crippen LogP contribution in [0.3, 0.4) is 0 Å². The van der Waals surface area contributed by atoms with Crippen molar-refractivity contribution in [3.63, 3.8) is 0 Å². The molecule has 1 fully saturated rings. The summed E-state index contributed by atoms with van der Waals surface area (Å²) in [6, 6.07) is 17.2. The minimum atomic E-state index is -0.546. The second-order valence-electron chi connectivity index (χ2n) is 8.48. The predicted molar refractivity (Wildman–Crippen MR) is 122 cm³/mol. The molecule has 0 radical (unpaired) electrons. The van der Waals surface area contributed by atoms with Crippen molar-refractivity contribution >= 4 is 11.8 Å². The first-order valence-electron chi connectivity index (χ1n) is 11.0. The molecular formula is C25H33N3O3. The minimum Gasteiger partial charge on any atom is -0.484 e. The molecule has 1 heterocycles. The van der Waals surface area contributed by atoms with Crippen LogP contribution in [-0.4, -0.2) is 60.4 Å². The number of piperazine rings is 1. The summed E-state index contributed by atoms with van der Waals surface area (Å²) in [5.74, 6) is 0.334. The van der Waals surface area contributed by atoms with Gasteiger partial charge in [-0.25, -0.2) is 0 Å². The minimum absolute atomic E-state index is 0.00139. The zero-order valence-electron chi connectivity index (χ0n) is 18.7. The van der Waals surface area contributed by atoms with E-state index in [4.69, 9.17) is 4.74 Å². The van der Waals surface area contributed by atoms with Crippen molar-refractivity contribution in [3.05, 3.63) is 65.7 Å². The van der Waals surface area contributed by atoms with E-state index in [-0.39, 0.29) is 24.3 Å². The monoisotopic (exact) mass is 423 g/mol. The molecule has 3 rings (SSSR count). The zero-order chi connectivity index (χ0) is 22.2. The topological polar surface area (TPSA) is 61.9 Å². The van der Waals surface area contributed by atoms with Gasteiger partial charge in [-0.3, -0.25) is 14.5 Å². The molecule has 1 N–H and O–H groups in total. The maximum Gasteiger partial charge on any atom is 0.258 e. The Hall–Kier alpha value is -2.86. The Kier molecular flexibility index (Phi) is 8.06. The van der Waals surface area contributed by atoms with E-state index in [1.165, 1.54) is 11.1 Å². The average Bonchev–Trinajstić information content (AvgIpc) is 2.77. The van der Waals surface area contributed by atoms with Crippen molar-refractivity contribution in [1.29, 1.82) is 0 Å². The Labute approximate surface area is 185 Å². The van der Waals surface area contributed by atoms with Crippen LogP contribution in [0.5, 0.6) is 5.75 Å². The number of nitrogens with zero attached hydrogens (tertiary/aromatic N) is 2. The molecule has 2 aromatic carbocycles. The molecule has 0 aliphatic carbocycles. The molecule has 0 spiro atoms. The predicted octanol–water partition coefficient (Wildman–Crippen LogP) is 2.86. The third-order valence-corrected chi connectivity index (χ3v) is 5.53. The van der Waals surface area contributed by atoms with Gasteiger partial charge in [0.1, 0.15) is 11.8 Å². The summed E-state index contributed by atoms with van der Waals surface area (Å²) in [6.07, 6.45) is 0. The van der Waals surface area contributed by atoms with Crippen molar-refractivity contribution in [1.82, 2.24) is 15.1 Å². The molecule has 2 amide bonds. The molecule has 166 valence electrons. The summed E-state index contributed by atoms with van der Waals surface area (Å²) in [5, 5.41) is 2.87. The first-order chi connectivity index (χ1) is 14.9. The van der Waals surface area contributed by atoms with Crippen LogP contribution in [0.4, 0.5) is 0 Å². The number of amides is 2. The smallest absolute Gasteiger partial charge is 0.258 e. The van der Waals surface area contributed by atoms with Crippen LogP contribution >= 0.6 is 0 Å². The fraction of sp³-hybridized carbons (Fsp3) is 0.440. The second kappa shape index (κ2) is 11.0. The maximum atomic E-state index is 13.1. The van der Waals surface area contributed by atoms with Gasteiger partial charge in [0.2, 0.25) is 5.91 Å². The lowest BCUT2D eigenvalue weighted by Crippen LogP contribution is -2.56. The molecule has 1 aliphatic heterocycles. The van der Waals surface area contributed by atoms with Crippen molar-refractivity contribution < 1.29 is 14.3 Å². The van der Waals surface area contributed by atoms with Gasteiger partial charge in [-0.05, 0) is 30.5 Å². The van der Waals surface area contributed by atoms with Gasteiger partial charge in [0.05, 0.1) is 0 Å². The number of hydrogen-bond acceptors (Lipinski definition) is 4. The fourth-order valence-corrected chi connectivity index (χ4v) is 3.79. The van der Waals surface area contributed by atoms with Crippen LogP contribution in [0.2, 0.25) is 0 Å². The number of aryl methyl sites for hydroxylation is 1. The third-order valence-electron chi connectivity index (χ3n) is 5.53. The highest BCUT2D eigenvalue weighted by molar-refractivity contribution is 5.88. The van der Waals surface area contributed by atoms with Crippen molar-refractivity contribution in [3.8, 4) is 5.75 Å². The molecule has 1 atom stereocenters. The Morgan fingerprint density at radius 3 is 2.35 bits per heavy atom. The average molecular weight is 424 g/mol. The molecule has 6 nitrogen and oxygen atoms in total. The zero-order valence-corrected chi connectivity index (χ0v) is 18.7. The first kappa shape index (κ1) is 22.8. The van der Waals surface area contributed by atoms with E-state index in [1.54, 1.807) is 12.1 Å². The van der Waals surface area contributed by atoms with Gasteiger partial charge in [-0.2, -0.15) is 0 Å². The number of ether oxygens (including phenoxy) is 1. The van der Waals surface area contributed by atoms with E-state index in [0.29, 0.717) is 18.8 Å². The number of nitrogens with one attached hydrogen (secondary N) is 1. The fourth-order valence-electron chi connectivity index (χ4n) is 3.79. The maximum absolute atomic E-state index is 13.1. The van der Waals surface area contributed by atoms with Crippen molar-refractivity contribution in [2.75, 3.05) is 32.8 Å². The van der Waals surface area contributed by atoms with Gasteiger partial charge in [0.25, 0.3) is 5.91 Å². The van der Waals surface area contributed by atoms with Gasteiger partial charge in [0.15, 0.2) is 6.61 Å². The summed E-state index contributed by atoms with van der Waals surface area (Å²) >= 11 is 0. The standard InChI is InChI=1S/C25H33N3O3/c1-19(2)24(26-23(29)18-31-22-10-5-4-6-11-22)25(30)28-14-12-27(13-15-28)17-21-9-7-8-20(3)16-21/h4-11,16,19,24H,12-15,17-18H2,1-3H3,(H,26,29)/t24-/m0/s1. The number of benzene rings is 2. The molecule has 0 saturated carbocycles. The van der Waals surface area contributed by atoms with Crippen molar-refractivity contribution in [2.45, 2.75) is 33.4 Å². The summed E-state index contributed by atoms with van der Waals surface area (Å²) < 4.78 is 5.51. The molecular weight excluding hydrogens is 390 g/mol. The largest absolute Gasteiger partial charge is 0.484 e. The summed E-state index contributed by atoms with van der Waals surface area (Å²) in [6.45, 7) is 9.80. The normalized spacial score (nSPS) is 15.5. The molecule has 0 unspecified atom stereocenters. The molecule has 6 heteroatoms. The van der Waals surface area contributed by atoms with Crippen LogP contribution in [-0.2, 0) is 16.1 Å². The highest BCUT2D eigenvalue weighted by atomic mass is 16.5. The summed E-state index contributed by atoms with van der Waals surface area (Å²) in [5.41, 5.74) is 2.56. The molecule has 0 aromatic heterocycles. The number of carbonyl (C=O) groups is 2. The lowest BCUT2D eigenvalue weighted by atomic mass is 10.0. The quantitative estimate of drug-likeness (QED) is 0.709. The van der Waals surface area contributed by atoms with Crippen LogP contribution < -0.4 is 10.1 Å². The van der Waals surface area contributed by atoms with Crippen LogP contribution in [0, 0.1) is 12.8 Å². The van der Waals surface area contributed by atoms with E-state index in [0.717, 1.165) is 19.6 Å². The van der Waals surface area contributed by atoms with Crippen LogP contribution in [0.1, 0.15) is 25.0 Å². The van der Waals surface area contributed by atoms with Gasteiger partial charge in [0, 0.05) is 32.7 Å². The Bertz CT molecular complexity index is 861. The van der Waals surface area contributed by atoms with Gasteiger partial charge < -0.3 is 15.0 Å². The molecule has 31 heavy (non-hydrogen) atoms. The van der Waals surface area contributed by atoms with E-state index in [9.17, 15) is 9.59 Å². The first-order valence-corrected chi connectivity index (χ1v) is 11.0. The Balaban J connectivity index is 1.49. The van der Waals surface area contributed by atoms with Gasteiger partial charge >= 0.3 is 0 Å². The van der Waals surface area contributed by atoms with Crippen LogP contribution in [0.25, 0.3) is 0 Å². The molecule has 1 aliphatic rings. The van der Waals surface area contributed by atoms with Gasteiger partial charge in [-0.1, -0.05) is 61.9 Å². The van der Waals surface area contributed by atoms with E-state index in [1.807, 2.05) is 36.9 Å². The van der Waals surface area contributed by atoms with Crippen molar-refractivity contribution in [2.24, 2.45) is 5.92 Å². The SMILES string of the molecule is Cc1cccc(CN2CCN(C(=O)[C@@H](NC(=O)COc3ccccc3)C(C)C)CC2)c1. The number of hydrogen-bond donors (Lipinski definition) is 1. The number of rotatable bonds is 8. The highest BCUT2D eigenvalue weighted by Gasteiger charge is 2.30. The lowest BCUT2D eigenvalue weighted by Gasteiger charge is -2.37. The van der Waals surface area contributed by atoms with E-state index in [2.05, 4.69) is 41.4 Å². The number of para-hydroxylation sites is 1. The summed E-state index contributed by atoms with van der Waals surface area (Å²) in [7, 11) is 0. The van der Waals surface area contributed by atoms with Gasteiger partial charge in [-0.15, -0.1) is 0 Å². The number of carbonyl (C=O) groups excluding carboxylic acids is 2. The molecule has 1 saturated heterocycles.